The lowest BCUT2D eigenvalue weighted by Crippen LogP contribution is -2.24. The zero-order chi connectivity index (χ0) is 15.5. The van der Waals surface area contributed by atoms with Crippen molar-refractivity contribution in [2.75, 3.05) is 6.54 Å². The Balaban J connectivity index is 1.76. The molecule has 1 aliphatic heterocycles. The summed E-state index contributed by atoms with van der Waals surface area (Å²) in [5.74, 6) is 0.731. The molecule has 21 heavy (non-hydrogen) atoms. The number of rotatable bonds is 3. The average molecular weight is 295 g/mol. The maximum absolute atomic E-state index is 11.8. The first-order chi connectivity index (χ1) is 9.78. The molecule has 0 bridgehead atoms. The Bertz CT molecular complexity index is 399. The van der Waals surface area contributed by atoms with E-state index in [1.165, 1.54) is 12.8 Å². The highest BCUT2D eigenvalue weighted by Gasteiger charge is 2.39. The predicted octanol–water partition coefficient (Wildman–Crippen LogP) is 3.19. The van der Waals surface area contributed by atoms with Crippen LogP contribution in [0.25, 0.3) is 0 Å². The number of carbonyl (C=O) groups excluding carboxylic acids is 2. The highest BCUT2D eigenvalue weighted by atomic mass is 16.6. The molecule has 0 aromatic heterocycles. The van der Waals surface area contributed by atoms with Gasteiger partial charge in [-0.2, -0.15) is 0 Å². The number of esters is 1. The van der Waals surface area contributed by atoms with Crippen LogP contribution >= 0.6 is 0 Å². The summed E-state index contributed by atoms with van der Waals surface area (Å²) in [6.07, 6.45) is 7.90. The number of carbonyl (C=O) groups is 2. The Kier molecular flexibility index (Phi) is 4.95. The molecule has 2 rings (SSSR count). The van der Waals surface area contributed by atoms with Gasteiger partial charge in [0.1, 0.15) is 5.60 Å². The number of ether oxygens (including phenoxy) is 1. The molecule has 2 fully saturated rings. The minimum Gasteiger partial charge on any atom is -0.460 e. The maximum atomic E-state index is 11.8. The third kappa shape index (κ3) is 5.01. The molecule has 0 aromatic carbocycles. The van der Waals surface area contributed by atoms with Gasteiger partial charge in [-0.3, -0.25) is 9.59 Å². The van der Waals surface area contributed by atoms with Gasteiger partial charge in [0.2, 0.25) is 5.91 Å². The molecule has 1 saturated carbocycles. The molecule has 1 aliphatic carbocycles. The van der Waals surface area contributed by atoms with E-state index in [2.05, 4.69) is 5.32 Å². The summed E-state index contributed by atoms with van der Waals surface area (Å²) in [5, 5.41) is 2.99. The molecule has 1 N–H and O–H groups in total. The Morgan fingerprint density at radius 1 is 1.33 bits per heavy atom. The topological polar surface area (TPSA) is 55.4 Å². The molecular weight excluding hydrogens is 266 g/mol. The van der Waals surface area contributed by atoms with Crippen LogP contribution in [0.5, 0.6) is 0 Å². The van der Waals surface area contributed by atoms with Crippen molar-refractivity contribution in [3.05, 3.63) is 0 Å². The Morgan fingerprint density at radius 3 is 2.71 bits per heavy atom. The van der Waals surface area contributed by atoms with E-state index >= 15 is 0 Å². The monoisotopic (exact) mass is 295 g/mol. The maximum Gasteiger partial charge on any atom is 0.306 e. The first-order valence-electron chi connectivity index (χ1n) is 8.27. The van der Waals surface area contributed by atoms with E-state index in [-0.39, 0.29) is 22.9 Å². The molecule has 0 radical (unpaired) electrons. The highest BCUT2D eigenvalue weighted by Crippen LogP contribution is 2.42. The van der Waals surface area contributed by atoms with Gasteiger partial charge in [-0.15, -0.1) is 0 Å². The SMILES string of the molecule is CC(C)(C)OC(=O)CCC1CCCC2(CC1)CNC(=O)C2. The second-order valence-electron chi connectivity index (χ2n) is 7.88. The van der Waals surface area contributed by atoms with Gasteiger partial charge in [0.15, 0.2) is 0 Å². The molecule has 2 aliphatic rings. The van der Waals surface area contributed by atoms with E-state index in [1.807, 2.05) is 20.8 Å². The van der Waals surface area contributed by atoms with E-state index in [0.717, 1.165) is 32.2 Å². The molecular formula is C17H29NO3. The second-order valence-corrected chi connectivity index (χ2v) is 7.88. The van der Waals surface area contributed by atoms with Gasteiger partial charge in [0.05, 0.1) is 0 Å². The van der Waals surface area contributed by atoms with Crippen LogP contribution in [-0.2, 0) is 14.3 Å². The predicted molar refractivity (Wildman–Crippen MR) is 81.7 cm³/mol. The number of amides is 1. The van der Waals surface area contributed by atoms with E-state index in [0.29, 0.717) is 18.8 Å². The van der Waals surface area contributed by atoms with E-state index in [4.69, 9.17) is 4.74 Å². The summed E-state index contributed by atoms with van der Waals surface area (Å²) in [6, 6.07) is 0. The van der Waals surface area contributed by atoms with E-state index in [1.54, 1.807) is 0 Å². The number of hydrogen-bond donors (Lipinski definition) is 1. The van der Waals surface area contributed by atoms with Crippen molar-refractivity contribution in [3.63, 3.8) is 0 Å². The van der Waals surface area contributed by atoms with Crippen LogP contribution in [0.15, 0.2) is 0 Å². The largest absolute Gasteiger partial charge is 0.460 e. The molecule has 0 aromatic rings. The Labute approximate surface area is 128 Å². The molecule has 1 saturated heterocycles. The lowest BCUT2D eigenvalue weighted by Gasteiger charge is -2.25. The van der Waals surface area contributed by atoms with Crippen LogP contribution < -0.4 is 5.32 Å². The number of nitrogens with one attached hydrogen (secondary N) is 1. The first-order valence-corrected chi connectivity index (χ1v) is 8.27. The molecule has 1 amide bonds. The quantitative estimate of drug-likeness (QED) is 0.814. The minimum absolute atomic E-state index is 0.0841. The number of hydrogen-bond acceptors (Lipinski definition) is 3. The lowest BCUT2D eigenvalue weighted by atomic mass is 9.79. The van der Waals surface area contributed by atoms with Crippen LogP contribution in [0.1, 0.15) is 72.1 Å². The fourth-order valence-electron chi connectivity index (χ4n) is 3.65. The smallest absolute Gasteiger partial charge is 0.306 e. The highest BCUT2D eigenvalue weighted by molar-refractivity contribution is 5.79. The van der Waals surface area contributed by atoms with Crippen molar-refractivity contribution in [2.24, 2.45) is 11.3 Å². The summed E-state index contributed by atoms with van der Waals surface area (Å²) in [4.78, 5) is 23.3. The van der Waals surface area contributed by atoms with Crippen molar-refractivity contribution in [2.45, 2.75) is 77.7 Å². The van der Waals surface area contributed by atoms with Crippen LogP contribution in [0.4, 0.5) is 0 Å². The molecule has 2 atom stereocenters. The van der Waals surface area contributed by atoms with Crippen molar-refractivity contribution < 1.29 is 14.3 Å². The van der Waals surface area contributed by atoms with Crippen LogP contribution in [-0.4, -0.2) is 24.0 Å². The average Bonchev–Trinajstić information content (AvgIpc) is 2.60. The lowest BCUT2D eigenvalue weighted by molar-refractivity contribution is -0.155. The van der Waals surface area contributed by atoms with Gasteiger partial charge >= 0.3 is 5.97 Å². The minimum atomic E-state index is -0.388. The van der Waals surface area contributed by atoms with Gasteiger partial charge in [0, 0.05) is 19.4 Å². The summed E-state index contributed by atoms with van der Waals surface area (Å²) < 4.78 is 5.37. The van der Waals surface area contributed by atoms with Crippen LogP contribution in [0.3, 0.4) is 0 Å². The molecule has 120 valence electrons. The fraction of sp³-hybridized carbons (Fsp3) is 0.882. The third-order valence-electron chi connectivity index (χ3n) is 4.78. The third-order valence-corrected chi connectivity index (χ3v) is 4.78. The summed E-state index contributed by atoms with van der Waals surface area (Å²) >= 11 is 0. The van der Waals surface area contributed by atoms with Gasteiger partial charge < -0.3 is 10.1 Å². The van der Waals surface area contributed by atoms with Crippen LogP contribution in [0.2, 0.25) is 0 Å². The molecule has 4 heteroatoms. The van der Waals surface area contributed by atoms with Crippen LogP contribution in [0, 0.1) is 11.3 Å². The van der Waals surface area contributed by atoms with Gasteiger partial charge in [0.25, 0.3) is 0 Å². The molecule has 2 unspecified atom stereocenters. The van der Waals surface area contributed by atoms with E-state index < -0.39 is 0 Å². The zero-order valence-electron chi connectivity index (χ0n) is 13.7. The van der Waals surface area contributed by atoms with E-state index in [9.17, 15) is 9.59 Å². The first kappa shape index (κ1) is 16.3. The fourth-order valence-corrected chi connectivity index (χ4v) is 3.65. The summed E-state index contributed by atoms with van der Waals surface area (Å²) in [5.41, 5.74) is -0.182. The Hall–Kier alpha value is -1.06. The molecule has 1 spiro atoms. The van der Waals surface area contributed by atoms with Gasteiger partial charge in [-0.1, -0.05) is 12.8 Å². The van der Waals surface area contributed by atoms with Crippen molar-refractivity contribution >= 4 is 11.9 Å². The Morgan fingerprint density at radius 2 is 2.10 bits per heavy atom. The summed E-state index contributed by atoms with van der Waals surface area (Å²) in [6.45, 7) is 6.57. The second kappa shape index (κ2) is 6.37. The van der Waals surface area contributed by atoms with Crippen molar-refractivity contribution in [1.82, 2.24) is 5.32 Å². The summed E-state index contributed by atoms with van der Waals surface area (Å²) in [7, 11) is 0. The van der Waals surface area contributed by atoms with Crippen molar-refractivity contribution in [1.29, 1.82) is 0 Å². The zero-order valence-corrected chi connectivity index (χ0v) is 13.7. The molecule has 1 heterocycles. The normalized spacial score (nSPS) is 30.0. The van der Waals surface area contributed by atoms with Gasteiger partial charge in [-0.25, -0.2) is 0 Å². The molecule has 4 nitrogen and oxygen atoms in total. The standard InChI is InChI=1S/C17H29NO3/c1-16(2,3)21-15(20)7-6-13-5-4-9-17(10-8-13)11-14(19)18-12-17/h13H,4-12H2,1-3H3,(H,18,19). The van der Waals surface area contributed by atoms with Gasteiger partial charge in [-0.05, 0) is 57.8 Å². The van der Waals surface area contributed by atoms with Crippen molar-refractivity contribution in [3.8, 4) is 0 Å².